The summed E-state index contributed by atoms with van der Waals surface area (Å²) >= 11 is 0. The molecule has 1 aliphatic carbocycles. The van der Waals surface area contributed by atoms with Gasteiger partial charge in [0.25, 0.3) is 0 Å². The molecule has 4 rings (SSSR count). The number of carbonyl (C=O) groups excluding carboxylic acids is 1. The topological polar surface area (TPSA) is 45.2 Å². The van der Waals surface area contributed by atoms with Crippen LogP contribution in [0.2, 0.25) is 0 Å². The Labute approximate surface area is 168 Å². The van der Waals surface area contributed by atoms with Crippen LogP contribution in [-0.4, -0.2) is 34.9 Å². The molecule has 2 aliphatic rings. The molecule has 148 valence electrons. The van der Waals surface area contributed by atoms with Crippen molar-refractivity contribution in [2.45, 2.75) is 62.9 Å². The van der Waals surface area contributed by atoms with Crippen LogP contribution in [0.15, 0.2) is 54.9 Å². The average molecular weight is 378 g/mol. The van der Waals surface area contributed by atoms with Gasteiger partial charge in [-0.1, -0.05) is 49.2 Å². The third-order valence-electron chi connectivity index (χ3n) is 6.58. The van der Waals surface area contributed by atoms with Gasteiger partial charge in [-0.25, -0.2) is 0 Å². The molecule has 1 N–H and O–H groups in total. The van der Waals surface area contributed by atoms with E-state index in [2.05, 4.69) is 51.6 Å². The van der Waals surface area contributed by atoms with Gasteiger partial charge < -0.3 is 10.2 Å². The van der Waals surface area contributed by atoms with Crippen LogP contribution in [-0.2, 0) is 16.8 Å². The highest BCUT2D eigenvalue weighted by Gasteiger charge is 2.41. The maximum absolute atomic E-state index is 12.7. The first-order chi connectivity index (χ1) is 13.8. The van der Waals surface area contributed by atoms with Crippen LogP contribution in [0, 0.1) is 0 Å². The van der Waals surface area contributed by atoms with E-state index in [-0.39, 0.29) is 5.41 Å². The lowest BCUT2D eigenvalue weighted by atomic mass is 9.78. The number of carbonyl (C=O) groups is 1. The second kappa shape index (κ2) is 8.87. The van der Waals surface area contributed by atoms with Crippen LogP contribution in [0.1, 0.15) is 56.1 Å². The van der Waals surface area contributed by atoms with Crippen molar-refractivity contribution >= 4 is 5.91 Å². The lowest BCUT2D eigenvalue weighted by Crippen LogP contribution is -2.44. The fourth-order valence-electron chi connectivity index (χ4n) is 5.02. The van der Waals surface area contributed by atoms with E-state index in [9.17, 15) is 4.79 Å². The van der Waals surface area contributed by atoms with Gasteiger partial charge in [-0.05, 0) is 49.4 Å². The van der Waals surface area contributed by atoms with Crippen LogP contribution >= 0.6 is 0 Å². The van der Waals surface area contributed by atoms with Crippen molar-refractivity contribution in [2.24, 2.45) is 0 Å². The van der Waals surface area contributed by atoms with Gasteiger partial charge in [0.15, 0.2) is 0 Å². The molecule has 4 heteroatoms. The van der Waals surface area contributed by atoms with Crippen LogP contribution in [0.4, 0.5) is 0 Å². The minimum absolute atomic E-state index is 0.155. The zero-order chi connectivity index (χ0) is 19.2. The van der Waals surface area contributed by atoms with Gasteiger partial charge in [-0.3, -0.25) is 9.78 Å². The summed E-state index contributed by atoms with van der Waals surface area (Å²) < 4.78 is 0. The van der Waals surface area contributed by atoms with Crippen LogP contribution in [0.5, 0.6) is 0 Å². The fraction of sp³-hybridized carbons (Fsp3) is 0.500. The maximum atomic E-state index is 12.7. The highest BCUT2D eigenvalue weighted by molar-refractivity contribution is 5.79. The molecule has 0 spiro atoms. The van der Waals surface area contributed by atoms with Crippen molar-refractivity contribution < 1.29 is 4.79 Å². The molecule has 1 saturated carbocycles. The van der Waals surface area contributed by atoms with Gasteiger partial charge in [0.05, 0.1) is 0 Å². The lowest BCUT2D eigenvalue weighted by molar-refractivity contribution is -0.129. The Bertz CT molecular complexity index is 756. The Kier molecular flexibility index (Phi) is 6.06. The Morgan fingerprint density at radius 3 is 2.68 bits per heavy atom. The summed E-state index contributed by atoms with van der Waals surface area (Å²) in [6.07, 6.45) is 11.4. The Balaban J connectivity index is 1.37. The molecule has 2 aromatic rings. The largest absolute Gasteiger partial charge is 0.339 e. The van der Waals surface area contributed by atoms with Gasteiger partial charge in [0, 0.05) is 43.4 Å². The number of aromatic nitrogens is 1. The van der Waals surface area contributed by atoms with Gasteiger partial charge in [0.2, 0.25) is 5.91 Å². The Morgan fingerprint density at radius 2 is 1.93 bits per heavy atom. The zero-order valence-corrected chi connectivity index (χ0v) is 16.6. The molecule has 1 aromatic heterocycles. The minimum atomic E-state index is 0.155. The molecule has 1 aliphatic heterocycles. The third kappa shape index (κ3) is 4.27. The standard InChI is InChI=1S/C24H31N3O/c28-23-11-10-22(12-16-26-18-20-7-6-15-25-17-20)27(23)19-24(13-4-5-14-24)21-8-2-1-3-9-21/h1-3,6-9,15,17,22,26H,4-5,10-14,16,18-19H2/t22-/m0/s1. The summed E-state index contributed by atoms with van der Waals surface area (Å²) in [6.45, 7) is 2.66. The number of nitrogens with one attached hydrogen (secondary N) is 1. The number of hydrogen-bond acceptors (Lipinski definition) is 3. The molecule has 0 unspecified atom stereocenters. The van der Waals surface area contributed by atoms with E-state index in [1.807, 2.05) is 12.3 Å². The van der Waals surface area contributed by atoms with Crippen molar-refractivity contribution in [3.63, 3.8) is 0 Å². The third-order valence-corrected chi connectivity index (χ3v) is 6.58. The van der Waals surface area contributed by atoms with E-state index in [0.717, 1.165) is 32.5 Å². The van der Waals surface area contributed by atoms with Crippen LogP contribution in [0.3, 0.4) is 0 Å². The first-order valence-electron chi connectivity index (χ1n) is 10.7. The molecule has 2 fully saturated rings. The SMILES string of the molecule is O=C1CC[C@@H](CCNCc2cccnc2)N1CC1(c2ccccc2)CCCC1. The van der Waals surface area contributed by atoms with E-state index >= 15 is 0 Å². The molecule has 1 atom stereocenters. The summed E-state index contributed by atoms with van der Waals surface area (Å²) in [7, 11) is 0. The summed E-state index contributed by atoms with van der Waals surface area (Å²) in [5.41, 5.74) is 2.78. The molecule has 1 aromatic carbocycles. The molecule has 2 heterocycles. The lowest BCUT2D eigenvalue weighted by Gasteiger charge is -2.37. The van der Waals surface area contributed by atoms with E-state index in [0.29, 0.717) is 18.4 Å². The quantitative estimate of drug-likeness (QED) is 0.706. The van der Waals surface area contributed by atoms with Crippen molar-refractivity contribution in [1.82, 2.24) is 15.2 Å². The van der Waals surface area contributed by atoms with Crippen molar-refractivity contribution in [3.8, 4) is 0 Å². The number of nitrogens with zero attached hydrogens (tertiary/aromatic N) is 2. The molecule has 1 amide bonds. The zero-order valence-electron chi connectivity index (χ0n) is 16.6. The second-order valence-electron chi connectivity index (χ2n) is 8.39. The second-order valence-corrected chi connectivity index (χ2v) is 8.39. The summed E-state index contributed by atoms with van der Waals surface area (Å²) in [4.78, 5) is 19.1. The first kappa shape index (κ1) is 19.1. The number of hydrogen-bond donors (Lipinski definition) is 1. The molecule has 4 nitrogen and oxygen atoms in total. The summed E-state index contributed by atoms with van der Waals surface area (Å²) in [5.74, 6) is 0.347. The normalized spacial score (nSPS) is 21.4. The maximum Gasteiger partial charge on any atom is 0.222 e. The number of rotatable bonds is 8. The summed E-state index contributed by atoms with van der Waals surface area (Å²) in [6, 6.07) is 15.3. The van der Waals surface area contributed by atoms with Crippen molar-refractivity contribution in [3.05, 3.63) is 66.0 Å². The molecular formula is C24H31N3O. The smallest absolute Gasteiger partial charge is 0.222 e. The average Bonchev–Trinajstić information content (AvgIpc) is 3.36. The van der Waals surface area contributed by atoms with E-state index in [1.165, 1.54) is 36.8 Å². The van der Waals surface area contributed by atoms with E-state index in [1.54, 1.807) is 6.20 Å². The monoisotopic (exact) mass is 377 g/mol. The predicted molar refractivity (Wildman–Crippen MR) is 112 cm³/mol. The van der Waals surface area contributed by atoms with E-state index in [4.69, 9.17) is 0 Å². The van der Waals surface area contributed by atoms with E-state index < -0.39 is 0 Å². The molecule has 0 radical (unpaired) electrons. The fourth-order valence-corrected chi connectivity index (χ4v) is 5.02. The summed E-state index contributed by atoms with van der Waals surface area (Å²) in [5, 5.41) is 3.52. The molecule has 0 bridgehead atoms. The highest BCUT2D eigenvalue weighted by Crippen LogP contribution is 2.43. The molecule has 28 heavy (non-hydrogen) atoms. The van der Waals surface area contributed by atoms with Crippen molar-refractivity contribution in [2.75, 3.05) is 13.1 Å². The highest BCUT2D eigenvalue weighted by atomic mass is 16.2. The van der Waals surface area contributed by atoms with Crippen LogP contribution in [0.25, 0.3) is 0 Å². The minimum Gasteiger partial charge on any atom is -0.339 e. The van der Waals surface area contributed by atoms with Gasteiger partial charge in [0.1, 0.15) is 0 Å². The number of pyridine rings is 1. The van der Waals surface area contributed by atoms with Crippen molar-refractivity contribution in [1.29, 1.82) is 0 Å². The predicted octanol–water partition coefficient (Wildman–Crippen LogP) is 4.06. The Hall–Kier alpha value is -2.20. The number of amides is 1. The number of benzene rings is 1. The van der Waals surface area contributed by atoms with Crippen LogP contribution < -0.4 is 5.32 Å². The number of likely N-dealkylation sites (tertiary alicyclic amines) is 1. The van der Waals surface area contributed by atoms with Gasteiger partial charge >= 0.3 is 0 Å². The molecular weight excluding hydrogens is 346 g/mol. The first-order valence-corrected chi connectivity index (χ1v) is 10.7. The van der Waals surface area contributed by atoms with Gasteiger partial charge in [-0.2, -0.15) is 0 Å². The molecule has 1 saturated heterocycles. The van der Waals surface area contributed by atoms with Gasteiger partial charge in [-0.15, -0.1) is 0 Å². The Morgan fingerprint density at radius 1 is 1.11 bits per heavy atom.